The van der Waals surface area contributed by atoms with Gasteiger partial charge in [0.1, 0.15) is 5.69 Å². The van der Waals surface area contributed by atoms with Gasteiger partial charge >= 0.3 is 6.03 Å². The van der Waals surface area contributed by atoms with Crippen LogP contribution in [0, 0.1) is 24.0 Å². The fraction of sp³-hybridized carbons (Fsp3) is 0.308. The second-order valence-electron chi connectivity index (χ2n) is 3.98. The van der Waals surface area contributed by atoms with E-state index in [2.05, 4.69) is 16.6 Å². The van der Waals surface area contributed by atoms with Crippen molar-refractivity contribution in [2.75, 3.05) is 11.9 Å². The molecule has 1 unspecified atom stereocenters. The lowest BCUT2D eigenvalue weighted by molar-refractivity contribution is 0.184. The van der Waals surface area contributed by atoms with Crippen molar-refractivity contribution >= 4 is 11.7 Å². The maximum absolute atomic E-state index is 13.5. The number of anilines is 1. The molecule has 0 saturated carbocycles. The summed E-state index contributed by atoms with van der Waals surface area (Å²) in [5.41, 5.74) is -0.511. The summed E-state index contributed by atoms with van der Waals surface area (Å²) < 4.78 is 27.0. The summed E-state index contributed by atoms with van der Waals surface area (Å²) >= 11 is 0. The van der Waals surface area contributed by atoms with Gasteiger partial charge in [-0.3, -0.25) is 0 Å². The van der Waals surface area contributed by atoms with Crippen molar-refractivity contribution < 1.29 is 18.7 Å². The van der Waals surface area contributed by atoms with Crippen LogP contribution in [0.1, 0.15) is 18.9 Å². The van der Waals surface area contributed by atoms with Crippen LogP contribution in [-0.2, 0) is 0 Å². The molecule has 102 valence electrons. The Labute approximate surface area is 109 Å². The van der Waals surface area contributed by atoms with Crippen molar-refractivity contribution in [1.29, 1.82) is 0 Å². The highest BCUT2D eigenvalue weighted by Crippen LogP contribution is 2.20. The molecule has 0 aliphatic heterocycles. The Balaban J connectivity index is 2.67. The van der Waals surface area contributed by atoms with Crippen molar-refractivity contribution in [2.45, 2.75) is 19.4 Å². The largest absolute Gasteiger partial charge is 0.393 e. The number of carbonyl (C=O) groups excluding carboxylic acids is 1. The summed E-state index contributed by atoms with van der Waals surface area (Å²) in [4.78, 5) is 11.4. The maximum Gasteiger partial charge on any atom is 0.319 e. The molecule has 0 aromatic heterocycles. The molecule has 0 bridgehead atoms. The molecular weight excluding hydrogens is 254 g/mol. The molecule has 4 nitrogen and oxygen atoms in total. The summed E-state index contributed by atoms with van der Waals surface area (Å²) in [6, 6.07) is 1.15. The molecule has 0 heterocycles. The number of nitrogens with one attached hydrogen (secondary N) is 2. The van der Waals surface area contributed by atoms with E-state index in [0.717, 1.165) is 12.1 Å². The second kappa shape index (κ2) is 6.71. The average Bonchev–Trinajstić information content (AvgIpc) is 2.33. The van der Waals surface area contributed by atoms with Crippen molar-refractivity contribution in [3.63, 3.8) is 0 Å². The lowest BCUT2D eigenvalue weighted by Crippen LogP contribution is -2.31. The topological polar surface area (TPSA) is 61.4 Å². The number of rotatable bonds is 4. The third-order valence-corrected chi connectivity index (χ3v) is 2.29. The molecule has 2 amide bonds. The van der Waals surface area contributed by atoms with Crippen LogP contribution in [0.15, 0.2) is 12.1 Å². The standard InChI is InChI=1S/C13H14F2N2O2/c1-3-9-6-10(14)12(11(15)7-9)17-13(19)16-5-4-8(2)18/h1,6-8,18H,4-5H2,2H3,(H2,16,17,19). The van der Waals surface area contributed by atoms with Gasteiger partial charge in [-0.15, -0.1) is 6.42 Å². The lowest BCUT2D eigenvalue weighted by atomic mass is 10.2. The Morgan fingerprint density at radius 2 is 2.05 bits per heavy atom. The molecule has 3 N–H and O–H groups in total. The third kappa shape index (κ3) is 4.56. The number of hydrogen-bond donors (Lipinski definition) is 3. The predicted molar refractivity (Wildman–Crippen MR) is 67.6 cm³/mol. The van der Waals surface area contributed by atoms with Gasteiger partial charge in [0.15, 0.2) is 11.6 Å². The minimum atomic E-state index is -0.946. The van der Waals surface area contributed by atoms with Crippen LogP contribution >= 0.6 is 0 Å². The summed E-state index contributed by atoms with van der Waals surface area (Å²) in [7, 11) is 0. The number of carbonyl (C=O) groups is 1. The molecule has 1 atom stereocenters. The van der Waals surface area contributed by atoms with Gasteiger partial charge in [0.25, 0.3) is 0 Å². The number of hydrogen-bond acceptors (Lipinski definition) is 2. The van der Waals surface area contributed by atoms with E-state index in [0.29, 0.717) is 6.42 Å². The van der Waals surface area contributed by atoms with E-state index >= 15 is 0 Å². The van der Waals surface area contributed by atoms with Gasteiger partial charge in [-0.1, -0.05) is 5.92 Å². The van der Waals surface area contributed by atoms with Gasteiger partial charge in [0.2, 0.25) is 0 Å². The normalized spacial score (nSPS) is 11.5. The number of aliphatic hydroxyl groups excluding tert-OH is 1. The first-order valence-corrected chi connectivity index (χ1v) is 5.62. The van der Waals surface area contributed by atoms with Gasteiger partial charge in [0, 0.05) is 12.1 Å². The zero-order valence-electron chi connectivity index (χ0n) is 10.3. The van der Waals surface area contributed by atoms with Crippen molar-refractivity contribution in [2.24, 2.45) is 0 Å². The van der Waals surface area contributed by atoms with Crippen molar-refractivity contribution in [3.05, 3.63) is 29.3 Å². The fourth-order valence-corrected chi connectivity index (χ4v) is 1.33. The van der Waals surface area contributed by atoms with Crippen LogP contribution in [0.4, 0.5) is 19.3 Å². The summed E-state index contributed by atoms with van der Waals surface area (Å²) in [6.45, 7) is 1.76. The van der Waals surface area contributed by atoms with Crippen molar-refractivity contribution in [1.82, 2.24) is 5.32 Å². The third-order valence-electron chi connectivity index (χ3n) is 2.29. The van der Waals surface area contributed by atoms with Gasteiger partial charge < -0.3 is 15.7 Å². The minimum absolute atomic E-state index is 0.0510. The number of urea groups is 1. The van der Waals surface area contributed by atoms with Crippen LogP contribution in [0.25, 0.3) is 0 Å². The first kappa shape index (κ1) is 14.9. The van der Waals surface area contributed by atoms with E-state index in [-0.39, 0.29) is 12.1 Å². The van der Waals surface area contributed by atoms with E-state index in [1.54, 1.807) is 6.92 Å². The van der Waals surface area contributed by atoms with Crippen LogP contribution in [-0.4, -0.2) is 23.8 Å². The lowest BCUT2D eigenvalue weighted by Gasteiger charge is -2.10. The molecule has 0 radical (unpaired) electrons. The SMILES string of the molecule is C#Cc1cc(F)c(NC(=O)NCCC(C)O)c(F)c1. The summed E-state index contributed by atoms with van der Waals surface area (Å²) in [5, 5.41) is 13.4. The van der Waals surface area contributed by atoms with Gasteiger partial charge in [0.05, 0.1) is 6.10 Å². The quantitative estimate of drug-likeness (QED) is 0.730. The molecule has 6 heteroatoms. The number of terminal acetylenes is 1. The van der Waals surface area contributed by atoms with Gasteiger partial charge in [-0.2, -0.15) is 0 Å². The first-order valence-electron chi connectivity index (χ1n) is 5.62. The maximum atomic E-state index is 13.5. The highest BCUT2D eigenvalue weighted by Gasteiger charge is 2.13. The predicted octanol–water partition coefficient (Wildman–Crippen LogP) is 1.84. The first-order chi connectivity index (χ1) is 8.93. The highest BCUT2D eigenvalue weighted by atomic mass is 19.1. The number of halogens is 2. The molecule has 0 aliphatic carbocycles. The molecular formula is C13H14F2N2O2. The Morgan fingerprint density at radius 1 is 1.47 bits per heavy atom. The zero-order valence-corrected chi connectivity index (χ0v) is 10.3. The Bertz CT molecular complexity index is 487. The number of amides is 2. The van der Waals surface area contributed by atoms with Crippen molar-refractivity contribution in [3.8, 4) is 12.3 Å². The highest BCUT2D eigenvalue weighted by molar-refractivity contribution is 5.89. The van der Waals surface area contributed by atoms with Crippen LogP contribution in [0.2, 0.25) is 0 Å². The average molecular weight is 268 g/mol. The molecule has 19 heavy (non-hydrogen) atoms. The van der Waals surface area contributed by atoms with E-state index in [9.17, 15) is 13.6 Å². The van der Waals surface area contributed by atoms with Crippen LogP contribution in [0.5, 0.6) is 0 Å². The Kier molecular flexibility index (Phi) is 5.27. The van der Waals surface area contributed by atoms with E-state index < -0.39 is 29.5 Å². The van der Waals surface area contributed by atoms with E-state index in [1.807, 2.05) is 0 Å². The molecule has 0 aliphatic rings. The molecule has 0 saturated heterocycles. The van der Waals surface area contributed by atoms with Crippen LogP contribution in [0.3, 0.4) is 0 Å². The zero-order chi connectivity index (χ0) is 14.4. The molecule has 0 spiro atoms. The monoisotopic (exact) mass is 268 g/mol. The van der Waals surface area contributed by atoms with Gasteiger partial charge in [-0.25, -0.2) is 13.6 Å². The molecule has 0 fully saturated rings. The van der Waals surface area contributed by atoms with E-state index in [4.69, 9.17) is 11.5 Å². The Morgan fingerprint density at radius 3 is 2.53 bits per heavy atom. The molecule has 1 rings (SSSR count). The Hall–Kier alpha value is -2.13. The minimum Gasteiger partial charge on any atom is -0.393 e. The molecule has 1 aromatic carbocycles. The summed E-state index contributed by atoms with van der Waals surface area (Å²) in [5.74, 6) is 0.208. The summed E-state index contributed by atoms with van der Waals surface area (Å²) in [6.07, 6.45) is 4.80. The van der Waals surface area contributed by atoms with Gasteiger partial charge in [-0.05, 0) is 25.5 Å². The van der Waals surface area contributed by atoms with Crippen LogP contribution < -0.4 is 10.6 Å². The van der Waals surface area contributed by atoms with E-state index in [1.165, 1.54) is 0 Å². The smallest absolute Gasteiger partial charge is 0.319 e. The fourth-order valence-electron chi connectivity index (χ4n) is 1.33. The number of benzene rings is 1. The molecule has 1 aromatic rings. The second-order valence-corrected chi connectivity index (χ2v) is 3.98. The number of aliphatic hydroxyl groups is 1.